The van der Waals surface area contributed by atoms with Gasteiger partial charge in [0.25, 0.3) is 5.91 Å². The van der Waals surface area contributed by atoms with Crippen molar-refractivity contribution in [2.45, 2.75) is 12.5 Å². The van der Waals surface area contributed by atoms with Crippen molar-refractivity contribution in [1.29, 1.82) is 0 Å². The van der Waals surface area contributed by atoms with E-state index in [1.807, 2.05) is 0 Å². The molecule has 2 aromatic rings. The smallest absolute Gasteiger partial charge is 0.250 e. The summed E-state index contributed by atoms with van der Waals surface area (Å²) in [4.78, 5) is 25.6. The Kier molecular flexibility index (Phi) is 2.53. The standard InChI is InChI=1S/C13H13N3O3/c14-5-7-3-6-4-9(13(15)18)11-8(12(6)19-7)1-2-10(17)16-11/h1-2,4,7H,3,5,14H2,(H2,15,18)(H,16,17). The molecule has 1 atom stereocenters. The Morgan fingerprint density at radius 2 is 2.26 bits per heavy atom. The van der Waals surface area contributed by atoms with Gasteiger partial charge in [0, 0.05) is 24.4 Å². The maximum atomic E-state index is 11.5. The fraction of sp³-hybridized carbons (Fsp3) is 0.231. The molecular formula is C13H13N3O3. The zero-order chi connectivity index (χ0) is 13.6. The van der Waals surface area contributed by atoms with Gasteiger partial charge in [0.1, 0.15) is 11.9 Å². The van der Waals surface area contributed by atoms with Gasteiger partial charge in [-0.1, -0.05) is 0 Å². The third-order valence-corrected chi connectivity index (χ3v) is 3.30. The van der Waals surface area contributed by atoms with Crippen molar-refractivity contribution in [2.24, 2.45) is 11.5 Å². The molecule has 1 aliphatic heterocycles. The van der Waals surface area contributed by atoms with E-state index in [-0.39, 0.29) is 11.7 Å². The van der Waals surface area contributed by atoms with E-state index in [4.69, 9.17) is 16.2 Å². The second-order valence-electron chi connectivity index (χ2n) is 4.57. The van der Waals surface area contributed by atoms with Gasteiger partial charge in [-0.05, 0) is 17.7 Å². The molecule has 1 aromatic heterocycles. The van der Waals surface area contributed by atoms with Gasteiger partial charge in [-0.25, -0.2) is 0 Å². The van der Waals surface area contributed by atoms with E-state index < -0.39 is 5.91 Å². The van der Waals surface area contributed by atoms with E-state index in [9.17, 15) is 9.59 Å². The number of benzene rings is 1. The molecule has 0 radical (unpaired) electrons. The van der Waals surface area contributed by atoms with Gasteiger partial charge >= 0.3 is 0 Å². The second-order valence-corrected chi connectivity index (χ2v) is 4.57. The van der Waals surface area contributed by atoms with Crippen molar-refractivity contribution >= 4 is 16.8 Å². The predicted octanol–water partition coefficient (Wildman–Crippen LogP) is -0.111. The van der Waals surface area contributed by atoms with Crippen molar-refractivity contribution < 1.29 is 9.53 Å². The highest BCUT2D eigenvalue weighted by molar-refractivity contribution is 6.07. The maximum absolute atomic E-state index is 11.5. The SMILES string of the molecule is NCC1Cc2cc(C(N)=O)c3[nH]c(=O)ccc3c2O1. The highest BCUT2D eigenvalue weighted by Gasteiger charge is 2.26. The fourth-order valence-corrected chi connectivity index (χ4v) is 2.43. The molecule has 3 rings (SSSR count). The molecule has 1 amide bonds. The van der Waals surface area contributed by atoms with Crippen molar-refractivity contribution in [2.75, 3.05) is 6.54 Å². The van der Waals surface area contributed by atoms with Crippen LogP contribution in [0.3, 0.4) is 0 Å². The Morgan fingerprint density at radius 1 is 1.47 bits per heavy atom. The number of nitrogens with two attached hydrogens (primary N) is 2. The number of fused-ring (bicyclic) bond motifs is 3. The maximum Gasteiger partial charge on any atom is 0.250 e. The molecule has 19 heavy (non-hydrogen) atoms. The molecule has 0 bridgehead atoms. The Balaban J connectivity index is 2.34. The van der Waals surface area contributed by atoms with Gasteiger partial charge in [0.15, 0.2) is 0 Å². The summed E-state index contributed by atoms with van der Waals surface area (Å²) in [7, 11) is 0. The predicted molar refractivity (Wildman–Crippen MR) is 70.3 cm³/mol. The number of carbonyl (C=O) groups is 1. The summed E-state index contributed by atoms with van der Waals surface area (Å²) in [6, 6.07) is 4.70. The van der Waals surface area contributed by atoms with E-state index in [0.29, 0.717) is 35.2 Å². The summed E-state index contributed by atoms with van der Waals surface area (Å²) in [5.41, 5.74) is 12.3. The average Bonchev–Trinajstić information content (AvgIpc) is 2.80. The molecule has 1 unspecified atom stereocenters. The largest absolute Gasteiger partial charge is 0.488 e. The number of amides is 1. The molecular weight excluding hydrogens is 246 g/mol. The van der Waals surface area contributed by atoms with Crippen LogP contribution in [0.5, 0.6) is 5.75 Å². The number of aromatic amines is 1. The van der Waals surface area contributed by atoms with E-state index >= 15 is 0 Å². The highest BCUT2D eigenvalue weighted by atomic mass is 16.5. The lowest BCUT2D eigenvalue weighted by Gasteiger charge is -2.09. The summed E-state index contributed by atoms with van der Waals surface area (Å²) in [5, 5.41) is 0.682. The fourth-order valence-electron chi connectivity index (χ4n) is 2.43. The number of nitrogens with one attached hydrogen (secondary N) is 1. The van der Waals surface area contributed by atoms with Crippen molar-refractivity contribution in [1.82, 2.24) is 4.98 Å². The third-order valence-electron chi connectivity index (χ3n) is 3.30. The number of pyridine rings is 1. The third kappa shape index (κ3) is 1.77. The Hall–Kier alpha value is -2.34. The van der Waals surface area contributed by atoms with Crippen LogP contribution in [0.25, 0.3) is 10.9 Å². The van der Waals surface area contributed by atoms with Crippen LogP contribution in [0.4, 0.5) is 0 Å². The number of aromatic nitrogens is 1. The number of carbonyl (C=O) groups excluding carboxylic acids is 1. The van der Waals surface area contributed by atoms with Crippen molar-refractivity contribution in [3.63, 3.8) is 0 Å². The minimum absolute atomic E-state index is 0.103. The molecule has 98 valence electrons. The summed E-state index contributed by atoms with van der Waals surface area (Å²) in [6.07, 6.45) is 0.537. The quantitative estimate of drug-likeness (QED) is 0.698. The number of hydrogen-bond acceptors (Lipinski definition) is 4. The van der Waals surface area contributed by atoms with Crippen LogP contribution in [-0.2, 0) is 6.42 Å². The molecule has 0 fully saturated rings. The van der Waals surface area contributed by atoms with Crippen LogP contribution in [0, 0.1) is 0 Å². The zero-order valence-corrected chi connectivity index (χ0v) is 10.1. The lowest BCUT2D eigenvalue weighted by molar-refractivity contribution is 0.100. The summed E-state index contributed by atoms with van der Waals surface area (Å²) < 4.78 is 5.74. The number of H-pyrrole nitrogens is 1. The van der Waals surface area contributed by atoms with Gasteiger partial charge < -0.3 is 21.2 Å². The first-order valence-electron chi connectivity index (χ1n) is 5.95. The monoisotopic (exact) mass is 259 g/mol. The van der Waals surface area contributed by atoms with Crippen LogP contribution in [0.2, 0.25) is 0 Å². The normalized spacial score (nSPS) is 17.2. The zero-order valence-electron chi connectivity index (χ0n) is 10.1. The number of ether oxygens (including phenoxy) is 1. The van der Waals surface area contributed by atoms with E-state index in [2.05, 4.69) is 4.98 Å². The van der Waals surface area contributed by atoms with Gasteiger partial charge in [-0.2, -0.15) is 0 Å². The number of primary amides is 1. The van der Waals surface area contributed by atoms with E-state index in [1.165, 1.54) is 6.07 Å². The minimum Gasteiger partial charge on any atom is -0.488 e. The van der Waals surface area contributed by atoms with Crippen molar-refractivity contribution in [3.05, 3.63) is 39.7 Å². The first kappa shape index (κ1) is 11.7. The highest BCUT2D eigenvalue weighted by Crippen LogP contribution is 2.36. The van der Waals surface area contributed by atoms with Crippen LogP contribution >= 0.6 is 0 Å². The van der Waals surface area contributed by atoms with Crippen LogP contribution in [0.15, 0.2) is 23.0 Å². The topological polar surface area (TPSA) is 111 Å². The minimum atomic E-state index is -0.578. The molecule has 0 saturated carbocycles. The van der Waals surface area contributed by atoms with Gasteiger partial charge in [-0.3, -0.25) is 9.59 Å². The van der Waals surface area contributed by atoms with Gasteiger partial charge in [0.2, 0.25) is 5.56 Å². The number of hydrogen-bond donors (Lipinski definition) is 3. The molecule has 0 aliphatic carbocycles. The molecule has 6 nitrogen and oxygen atoms in total. The first-order valence-corrected chi connectivity index (χ1v) is 5.95. The molecule has 6 heteroatoms. The molecule has 2 heterocycles. The summed E-state index contributed by atoms with van der Waals surface area (Å²) >= 11 is 0. The Morgan fingerprint density at radius 3 is 2.95 bits per heavy atom. The summed E-state index contributed by atoms with van der Waals surface area (Å²) in [5.74, 6) is 0.0950. The molecule has 0 saturated heterocycles. The lowest BCUT2D eigenvalue weighted by atomic mass is 10.0. The number of rotatable bonds is 2. The first-order chi connectivity index (χ1) is 9.10. The van der Waals surface area contributed by atoms with Gasteiger partial charge in [-0.15, -0.1) is 0 Å². The van der Waals surface area contributed by atoms with Crippen LogP contribution in [-0.4, -0.2) is 23.5 Å². The Labute approximate surface area is 108 Å². The molecule has 1 aliphatic rings. The van der Waals surface area contributed by atoms with Gasteiger partial charge in [0.05, 0.1) is 11.1 Å². The van der Waals surface area contributed by atoms with Crippen LogP contribution < -0.4 is 21.8 Å². The molecule has 5 N–H and O–H groups in total. The Bertz CT molecular complexity index is 736. The second kappa shape index (κ2) is 4.10. The van der Waals surface area contributed by atoms with Crippen molar-refractivity contribution in [3.8, 4) is 5.75 Å². The van der Waals surface area contributed by atoms with E-state index in [1.54, 1.807) is 12.1 Å². The lowest BCUT2D eigenvalue weighted by Crippen LogP contribution is -2.24. The van der Waals surface area contributed by atoms with Crippen LogP contribution in [0.1, 0.15) is 15.9 Å². The van der Waals surface area contributed by atoms with E-state index in [0.717, 1.165) is 5.56 Å². The molecule has 0 spiro atoms. The average molecular weight is 259 g/mol. The summed E-state index contributed by atoms with van der Waals surface area (Å²) in [6.45, 7) is 0.394. The molecule has 1 aromatic carbocycles.